The van der Waals surface area contributed by atoms with Gasteiger partial charge in [0.2, 0.25) is 11.8 Å². The number of hydrogen-bond donors (Lipinski definition) is 1. The minimum absolute atomic E-state index is 0.0306. The monoisotopic (exact) mass is 565 g/mol. The fraction of sp³-hybridized carbons (Fsp3) is 0.324. The van der Waals surface area contributed by atoms with Gasteiger partial charge in [0.05, 0.1) is 24.5 Å². The van der Waals surface area contributed by atoms with E-state index in [1.165, 1.54) is 4.90 Å². The van der Waals surface area contributed by atoms with Crippen molar-refractivity contribution in [2.75, 3.05) is 36.0 Å². The molecule has 6 rings (SSSR count). The molecule has 3 aliphatic heterocycles. The van der Waals surface area contributed by atoms with Gasteiger partial charge in [-0.15, -0.1) is 13.2 Å². The molecule has 216 valence electrons. The normalized spacial score (nSPS) is 25.8. The number of nitrogens with zero attached hydrogens (tertiary/aromatic N) is 3. The fourth-order valence-electron chi connectivity index (χ4n) is 7.25. The molecule has 3 amide bonds. The Bertz CT molecular complexity index is 1540. The Labute approximate surface area is 245 Å². The maximum Gasteiger partial charge on any atom is 0.253 e. The summed E-state index contributed by atoms with van der Waals surface area (Å²) in [7, 11) is 0. The van der Waals surface area contributed by atoms with Crippen LogP contribution in [0.15, 0.2) is 98.1 Å². The second-order valence-electron chi connectivity index (χ2n) is 11.2. The van der Waals surface area contributed by atoms with Crippen LogP contribution >= 0.6 is 0 Å². The molecule has 0 aromatic heterocycles. The zero-order chi connectivity index (χ0) is 29.4. The predicted octanol–water partition coefficient (Wildman–Crippen LogP) is 3.94. The molecule has 2 unspecified atom stereocenters. The van der Waals surface area contributed by atoms with Gasteiger partial charge in [-0.2, -0.15) is 0 Å². The third-order valence-corrected chi connectivity index (χ3v) is 8.93. The molecule has 2 bridgehead atoms. The number of likely N-dealkylation sites (tertiary alicyclic amines) is 1. The molecule has 1 spiro atoms. The Kier molecular flexibility index (Phi) is 7.43. The topological polar surface area (TPSA) is 90.4 Å². The summed E-state index contributed by atoms with van der Waals surface area (Å²) in [6.45, 7) is 7.86. The Balaban J connectivity index is 1.39. The maximum atomic E-state index is 14.6. The van der Waals surface area contributed by atoms with Crippen molar-refractivity contribution >= 4 is 39.9 Å². The molecule has 3 heterocycles. The van der Waals surface area contributed by atoms with Crippen LogP contribution in [0.1, 0.15) is 12.8 Å². The van der Waals surface area contributed by atoms with Crippen LogP contribution in [0.3, 0.4) is 0 Å². The number of para-hydroxylation sites is 1. The van der Waals surface area contributed by atoms with Gasteiger partial charge in [0.25, 0.3) is 5.91 Å². The van der Waals surface area contributed by atoms with E-state index in [-0.39, 0.29) is 44.0 Å². The van der Waals surface area contributed by atoms with Gasteiger partial charge >= 0.3 is 0 Å². The highest BCUT2D eigenvalue weighted by Gasteiger charge is 2.75. The van der Waals surface area contributed by atoms with Crippen molar-refractivity contribution in [3.63, 3.8) is 0 Å². The van der Waals surface area contributed by atoms with E-state index in [0.717, 1.165) is 10.8 Å². The molecule has 3 aromatic carbocycles. The molecule has 3 aromatic rings. The summed E-state index contributed by atoms with van der Waals surface area (Å²) in [5.41, 5.74) is 0.218. The number of aliphatic hydroxyl groups is 1. The van der Waals surface area contributed by atoms with E-state index in [2.05, 4.69) is 13.2 Å². The molecular weight excluding hydrogens is 530 g/mol. The van der Waals surface area contributed by atoms with E-state index in [1.54, 1.807) is 22.0 Å². The van der Waals surface area contributed by atoms with Crippen LogP contribution in [0.2, 0.25) is 0 Å². The fourth-order valence-corrected chi connectivity index (χ4v) is 7.25. The lowest BCUT2D eigenvalue weighted by Gasteiger charge is -2.37. The quantitative estimate of drug-likeness (QED) is 0.376. The summed E-state index contributed by atoms with van der Waals surface area (Å²) < 4.78 is 6.61. The third-order valence-electron chi connectivity index (χ3n) is 8.93. The van der Waals surface area contributed by atoms with Crippen LogP contribution < -0.4 is 9.80 Å². The van der Waals surface area contributed by atoms with Crippen molar-refractivity contribution in [1.82, 2.24) is 4.90 Å². The average molecular weight is 566 g/mol. The van der Waals surface area contributed by atoms with Crippen LogP contribution in [0, 0.1) is 11.8 Å². The third kappa shape index (κ3) is 4.33. The zero-order valence-electron chi connectivity index (χ0n) is 23.5. The summed E-state index contributed by atoms with van der Waals surface area (Å²) in [4.78, 5) is 47.6. The van der Waals surface area contributed by atoms with E-state index < -0.39 is 29.6 Å². The Hall–Kier alpha value is -4.27. The van der Waals surface area contributed by atoms with Crippen LogP contribution in [0.4, 0.5) is 11.4 Å². The number of carbonyl (C=O) groups excluding carboxylic acids is 3. The van der Waals surface area contributed by atoms with Gasteiger partial charge in [-0.3, -0.25) is 14.4 Å². The van der Waals surface area contributed by atoms with Crippen LogP contribution in [-0.4, -0.2) is 71.7 Å². The number of benzene rings is 3. The second kappa shape index (κ2) is 11.2. The first-order chi connectivity index (χ1) is 20.4. The molecule has 5 atom stereocenters. The first-order valence-corrected chi connectivity index (χ1v) is 14.4. The van der Waals surface area contributed by atoms with Gasteiger partial charge in [0, 0.05) is 31.0 Å². The number of rotatable bonds is 10. The smallest absolute Gasteiger partial charge is 0.253 e. The summed E-state index contributed by atoms with van der Waals surface area (Å²) >= 11 is 0. The lowest BCUT2D eigenvalue weighted by atomic mass is 9.70. The summed E-state index contributed by atoms with van der Waals surface area (Å²) in [6, 6.07) is 22.0. The number of amides is 3. The maximum absolute atomic E-state index is 14.6. The molecule has 3 aliphatic rings. The largest absolute Gasteiger partial charge is 0.395 e. The summed E-state index contributed by atoms with van der Waals surface area (Å²) in [6.07, 6.45) is 3.87. The average Bonchev–Trinajstić information content (AvgIpc) is 3.66. The van der Waals surface area contributed by atoms with Crippen molar-refractivity contribution in [2.45, 2.75) is 30.6 Å². The van der Waals surface area contributed by atoms with Gasteiger partial charge < -0.3 is 24.5 Å². The highest BCUT2D eigenvalue weighted by atomic mass is 16.5. The molecule has 3 saturated heterocycles. The zero-order valence-corrected chi connectivity index (χ0v) is 23.5. The van der Waals surface area contributed by atoms with Crippen molar-refractivity contribution in [2.24, 2.45) is 11.8 Å². The molecule has 0 saturated carbocycles. The second-order valence-corrected chi connectivity index (χ2v) is 11.2. The van der Waals surface area contributed by atoms with Gasteiger partial charge in [-0.05, 0) is 47.9 Å². The molecule has 1 N–H and O–H groups in total. The van der Waals surface area contributed by atoms with Gasteiger partial charge in [-0.25, -0.2) is 0 Å². The number of ether oxygens (including phenoxy) is 1. The van der Waals surface area contributed by atoms with Crippen LogP contribution in [0.25, 0.3) is 10.8 Å². The summed E-state index contributed by atoms with van der Waals surface area (Å²) in [5, 5.41) is 12.0. The number of aliphatic hydroxyl groups excluding tert-OH is 1. The number of hydrogen-bond acceptors (Lipinski definition) is 5. The van der Waals surface area contributed by atoms with Crippen molar-refractivity contribution < 1.29 is 24.2 Å². The first kappa shape index (κ1) is 27.9. The van der Waals surface area contributed by atoms with Gasteiger partial charge in [0.1, 0.15) is 11.6 Å². The molecule has 0 aliphatic carbocycles. The van der Waals surface area contributed by atoms with E-state index in [0.29, 0.717) is 24.2 Å². The minimum atomic E-state index is -1.17. The minimum Gasteiger partial charge on any atom is -0.395 e. The Morgan fingerprint density at radius 2 is 1.60 bits per heavy atom. The molecular formula is C34H35N3O5. The number of anilines is 2. The lowest BCUT2D eigenvalue weighted by molar-refractivity contribution is -0.141. The van der Waals surface area contributed by atoms with Gasteiger partial charge in [-0.1, -0.05) is 60.7 Å². The van der Waals surface area contributed by atoms with Crippen LogP contribution in [0.5, 0.6) is 0 Å². The van der Waals surface area contributed by atoms with E-state index in [1.807, 2.05) is 72.8 Å². The Morgan fingerprint density at radius 1 is 0.929 bits per heavy atom. The molecule has 0 radical (unpaired) electrons. The van der Waals surface area contributed by atoms with E-state index >= 15 is 0 Å². The highest BCUT2D eigenvalue weighted by molar-refractivity contribution is 6.07. The molecule has 8 heteroatoms. The van der Waals surface area contributed by atoms with Crippen molar-refractivity contribution in [3.05, 3.63) is 98.1 Å². The highest BCUT2D eigenvalue weighted by Crippen LogP contribution is 2.59. The SMILES string of the molecule is C=CCN(C(=O)C1N(CCO)C(=O)[C@@H]2[C@@H](C(=O)N(CC=C)c3ccccc3)[C@H]3CCC12O3)c1ccc2ccccc2c1. The van der Waals surface area contributed by atoms with Crippen molar-refractivity contribution in [3.8, 4) is 0 Å². The molecule has 42 heavy (non-hydrogen) atoms. The number of carbonyl (C=O) groups is 3. The molecule has 3 fully saturated rings. The van der Waals surface area contributed by atoms with E-state index in [9.17, 15) is 19.5 Å². The number of β-amino-alcohol motifs (C(OH)–C–C–N with tert-alkyl or cyclic N) is 1. The van der Waals surface area contributed by atoms with E-state index in [4.69, 9.17) is 4.74 Å². The summed E-state index contributed by atoms with van der Waals surface area (Å²) in [5.74, 6) is -2.44. The first-order valence-electron chi connectivity index (χ1n) is 14.4. The molecule has 8 nitrogen and oxygen atoms in total. The van der Waals surface area contributed by atoms with Crippen molar-refractivity contribution in [1.29, 1.82) is 0 Å². The number of fused-ring (bicyclic) bond motifs is 2. The predicted molar refractivity (Wildman–Crippen MR) is 162 cm³/mol. The Morgan fingerprint density at radius 3 is 2.29 bits per heavy atom. The standard InChI is InChI=1S/C34H35N3O5/c1-3-18-35(25-12-6-5-7-13-25)31(39)28-27-16-17-34(42-27)29(28)32(40)37(20-21-38)30(34)33(41)36(19-4-2)26-15-14-23-10-8-9-11-24(23)22-26/h3-15,22,27-30,38H,1-2,16-21H2/t27-,28+,29+,30?,34?/m1/s1. The van der Waals surface area contributed by atoms with Crippen LogP contribution in [-0.2, 0) is 19.1 Å². The lowest BCUT2D eigenvalue weighted by Crippen LogP contribution is -2.57. The van der Waals surface area contributed by atoms with Gasteiger partial charge in [0.15, 0.2) is 0 Å².